The lowest BCUT2D eigenvalue weighted by Crippen LogP contribution is -2.31. The van der Waals surface area contributed by atoms with E-state index in [0.717, 1.165) is 125 Å². The van der Waals surface area contributed by atoms with E-state index in [1.54, 1.807) is 38.5 Å². The Morgan fingerprint density at radius 1 is 0.281 bits per heavy atom. The first kappa shape index (κ1) is 85.4. The topological polar surface area (TPSA) is 43.4 Å². The lowest BCUT2D eigenvalue weighted by atomic mass is 9.98. The highest BCUT2D eigenvalue weighted by Gasteiger charge is 2.46. The Kier molecular flexibility index (Phi) is 49.2. The van der Waals surface area contributed by atoms with Crippen LogP contribution < -0.4 is 0 Å². The maximum Gasteiger partial charge on any atom is 0.168 e. The standard InChI is InChI=1S/C47H87NO2.C43H79NO2/c1-5-7-17-23-38-31-42(38)35-44-33-40(44)25-19-13-9-11-15-21-28-47(49-37-46(50-47)27-30-48(3)4)29-22-16-12-10-14-20-26-41-34-45(41)36-43-32-39(43)24-18-8-6-2;1-5-7-9-11-13-15-17-19-21-23-25-27-29-31-33-35-38-43(45-41-42(46-43)37-40-44(3)4)39-36-34-32-30-28-26-24-22-20-18-16-14-12-10-8-6-2/h38-46H,5-37H2,1-4H3;13-16,19-22,42H,5-12,17-18,23-41H2,1-4H3/b;15-13-,16-14-,21-19-,22-20-. The van der Waals surface area contributed by atoms with Gasteiger partial charge >= 0.3 is 0 Å². The lowest BCUT2D eigenvalue weighted by Gasteiger charge is -2.29. The van der Waals surface area contributed by atoms with Crippen LogP contribution in [0.4, 0.5) is 0 Å². The van der Waals surface area contributed by atoms with E-state index in [-0.39, 0.29) is 23.8 Å². The van der Waals surface area contributed by atoms with Gasteiger partial charge in [0.25, 0.3) is 0 Å². The second-order valence-electron chi connectivity index (χ2n) is 33.6. The zero-order valence-electron chi connectivity index (χ0n) is 65.8. The van der Waals surface area contributed by atoms with Crippen LogP contribution in [0.3, 0.4) is 0 Å². The summed E-state index contributed by atoms with van der Waals surface area (Å²) < 4.78 is 26.4. The molecule has 0 spiro atoms. The SMILES string of the molecule is CCCCC/C=C\C/C=C\CCCCCCCCC1(CCCCCCCC/C=C\C/C=C\CCCCC)OCC(CCN(C)C)O1.CCCCCC1CC1CC1CC1CCCCCCCCC1(CCCCCCCCC2CC2CC2CC2CCCCC)OCC(CCN(C)C)O1. The number of hydrogen-bond acceptors (Lipinski definition) is 6. The Balaban J connectivity index is 0.000000349. The summed E-state index contributed by atoms with van der Waals surface area (Å²) in [5.41, 5.74) is 0. The Hall–Kier alpha value is -1.28. The van der Waals surface area contributed by atoms with Crippen molar-refractivity contribution in [1.82, 2.24) is 9.80 Å². The number of allylic oxidation sites excluding steroid dienone is 8. The van der Waals surface area contributed by atoms with Gasteiger partial charge in [0.15, 0.2) is 11.6 Å². The monoisotopic (exact) mass is 1340 g/mol. The van der Waals surface area contributed by atoms with Crippen LogP contribution >= 0.6 is 0 Å². The van der Waals surface area contributed by atoms with Gasteiger partial charge in [0.05, 0.1) is 25.4 Å². The lowest BCUT2D eigenvalue weighted by molar-refractivity contribution is -0.180. The highest BCUT2D eigenvalue weighted by atomic mass is 16.7. The van der Waals surface area contributed by atoms with Gasteiger partial charge in [-0.15, -0.1) is 0 Å². The summed E-state index contributed by atoms with van der Waals surface area (Å²) in [4.78, 5) is 4.54. The molecule has 4 aliphatic carbocycles. The Morgan fingerprint density at radius 2 is 0.531 bits per heavy atom. The van der Waals surface area contributed by atoms with Crippen LogP contribution in [-0.2, 0) is 18.9 Å². The van der Waals surface area contributed by atoms with Crippen LogP contribution in [0.1, 0.15) is 400 Å². The largest absolute Gasteiger partial charge is 0.347 e. The zero-order valence-corrected chi connectivity index (χ0v) is 65.8. The van der Waals surface area contributed by atoms with E-state index in [2.05, 4.69) is 114 Å². The number of hydrogen-bond donors (Lipinski definition) is 0. The number of rotatable bonds is 66. The van der Waals surface area contributed by atoms with Gasteiger partial charge in [-0.05, 0) is 217 Å². The average Bonchev–Trinajstić information content (AvgIpc) is 1.66. The molecule has 0 radical (unpaired) electrons. The molecule has 6 rings (SSSR count). The molecular formula is C90H166N2O4. The minimum Gasteiger partial charge on any atom is -0.347 e. The fourth-order valence-electron chi connectivity index (χ4n) is 16.8. The molecule has 2 saturated heterocycles. The van der Waals surface area contributed by atoms with Crippen molar-refractivity contribution in [3.8, 4) is 0 Å². The first-order valence-corrected chi connectivity index (χ1v) is 43.6. The molecule has 560 valence electrons. The van der Waals surface area contributed by atoms with E-state index in [1.165, 1.54) is 283 Å². The van der Waals surface area contributed by atoms with E-state index in [1.807, 2.05) is 0 Å². The summed E-state index contributed by atoms with van der Waals surface area (Å²) in [6.07, 6.45) is 97.9. The van der Waals surface area contributed by atoms with E-state index in [4.69, 9.17) is 18.9 Å². The molecule has 0 bridgehead atoms. The second kappa shape index (κ2) is 55.3. The summed E-state index contributed by atoms with van der Waals surface area (Å²) in [7, 11) is 8.65. The smallest absolute Gasteiger partial charge is 0.168 e. The fraction of sp³-hybridized carbons (Fsp3) is 0.911. The first-order valence-electron chi connectivity index (χ1n) is 43.6. The third-order valence-corrected chi connectivity index (χ3v) is 23.7. The van der Waals surface area contributed by atoms with Crippen molar-refractivity contribution in [2.45, 2.75) is 424 Å². The van der Waals surface area contributed by atoms with Gasteiger partial charge in [0.2, 0.25) is 0 Å². The van der Waals surface area contributed by atoms with Gasteiger partial charge in [-0.2, -0.15) is 0 Å². The van der Waals surface area contributed by atoms with E-state index < -0.39 is 0 Å². The Morgan fingerprint density at radius 3 is 0.823 bits per heavy atom. The molecule has 0 aromatic heterocycles. The third-order valence-electron chi connectivity index (χ3n) is 23.7. The van der Waals surface area contributed by atoms with Crippen molar-refractivity contribution < 1.29 is 18.9 Å². The average molecular weight is 1340 g/mol. The van der Waals surface area contributed by atoms with E-state index >= 15 is 0 Å². The van der Waals surface area contributed by atoms with Gasteiger partial charge in [-0.1, -0.05) is 282 Å². The van der Waals surface area contributed by atoms with Crippen molar-refractivity contribution >= 4 is 0 Å². The molecule has 6 aliphatic rings. The summed E-state index contributed by atoms with van der Waals surface area (Å²) >= 11 is 0. The van der Waals surface area contributed by atoms with Gasteiger partial charge in [-0.3, -0.25) is 0 Å². The molecule has 10 unspecified atom stereocenters. The highest BCUT2D eigenvalue weighted by molar-refractivity contribution is 4.97. The quantitative estimate of drug-likeness (QED) is 0.0447. The predicted octanol–water partition coefficient (Wildman–Crippen LogP) is 27.2. The van der Waals surface area contributed by atoms with Gasteiger partial charge in [-0.25, -0.2) is 0 Å². The molecule has 0 N–H and O–H groups in total. The van der Waals surface area contributed by atoms with Crippen LogP contribution in [0.5, 0.6) is 0 Å². The minimum absolute atomic E-state index is 0.261. The van der Waals surface area contributed by atoms with Gasteiger partial charge in [0, 0.05) is 38.8 Å². The number of unbranched alkanes of at least 4 members (excludes halogenated alkanes) is 32. The molecule has 6 heteroatoms. The molecule has 0 aromatic rings. The molecule has 2 aliphatic heterocycles. The number of nitrogens with zero attached hydrogens (tertiary/aromatic N) is 2. The molecule has 10 atom stereocenters. The Bertz CT molecular complexity index is 1800. The molecule has 2 heterocycles. The van der Waals surface area contributed by atoms with Gasteiger partial charge in [0.1, 0.15) is 0 Å². The van der Waals surface area contributed by atoms with Crippen molar-refractivity contribution in [3.63, 3.8) is 0 Å². The Labute approximate surface area is 599 Å². The van der Waals surface area contributed by atoms with Crippen LogP contribution in [0, 0.1) is 47.3 Å². The van der Waals surface area contributed by atoms with E-state index in [9.17, 15) is 0 Å². The molecule has 6 fully saturated rings. The maximum atomic E-state index is 6.75. The molecule has 0 amide bonds. The highest BCUT2D eigenvalue weighted by Crippen LogP contribution is 2.56. The third kappa shape index (κ3) is 43.0. The summed E-state index contributed by atoms with van der Waals surface area (Å²) in [5, 5.41) is 0. The van der Waals surface area contributed by atoms with Gasteiger partial charge < -0.3 is 28.7 Å². The maximum absolute atomic E-state index is 6.75. The summed E-state index contributed by atoms with van der Waals surface area (Å²) in [5.74, 6) is 8.32. The second-order valence-corrected chi connectivity index (χ2v) is 33.6. The normalized spacial score (nSPS) is 25.9. The molecule has 96 heavy (non-hydrogen) atoms. The predicted molar refractivity (Wildman–Crippen MR) is 419 cm³/mol. The molecule has 6 nitrogen and oxygen atoms in total. The fourth-order valence-corrected chi connectivity index (χ4v) is 16.8. The van der Waals surface area contributed by atoms with Crippen LogP contribution in [0.15, 0.2) is 48.6 Å². The van der Waals surface area contributed by atoms with Crippen LogP contribution in [0.2, 0.25) is 0 Å². The molecular weight excluding hydrogens is 1170 g/mol. The van der Waals surface area contributed by atoms with Crippen LogP contribution in [0.25, 0.3) is 0 Å². The van der Waals surface area contributed by atoms with E-state index in [0.29, 0.717) is 0 Å². The van der Waals surface area contributed by atoms with Crippen molar-refractivity contribution in [1.29, 1.82) is 0 Å². The zero-order chi connectivity index (χ0) is 68.3. The number of ether oxygens (including phenoxy) is 4. The molecule has 4 saturated carbocycles. The summed E-state index contributed by atoms with van der Waals surface area (Å²) in [6.45, 7) is 12.9. The van der Waals surface area contributed by atoms with Crippen molar-refractivity contribution in [2.75, 3.05) is 54.5 Å². The van der Waals surface area contributed by atoms with Crippen molar-refractivity contribution in [3.05, 3.63) is 48.6 Å². The van der Waals surface area contributed by atoms with Crippen LogP contribution in [-0.4, -0.2) is 88.1 Å². The molecule has 0 aromatic carbocycles. The minimum atomic E-state index is -0.318. The summed E-state index contributed by atoms with van der Waals surface area (Å²) in [6, 6.07) is 0. The first-order chi connectivity index (χ1) is 47.1. The van der Waals surface area contributed by atoms with Crippen molar-refractivity contribution in [2.24, 2.45) is 47.3 Å².